The van der Waals surface area contributed by atoms with Crippen molar-refractivity contribution in [1.82, 2.24) is 0 Å². The van der Waals surface area contributed by atoms with Crippen LogP contribution in [0.2, 0.25) is 0 Å². The highest BCUT2D eigenvalue weighted by molar-refractivity contribution is 5.73. The Balaban J connectivity index is 2.44. The Morgan fingerprint density at radius 2 is 2.29 bits per heavy atom. The molecule has 1 aromatic carbocycles. The molecule has 1 saturated heterocycles. The van der Waals surface area contributed by atoms with Gasteiger partial charge in [-0.2, -0.15) is 0 Å². The van der Waals surface area contributed by atoms with E-state index in [1.807, 2.05) is 24.3 Å². The summed E-state index contributed by atoms with van der Waals surface area (Å²) in [5.41, 5.74) is 0.545. The van der Waals surface area contributed by atoms with Crippen molar-refractivity contribution in [3.63, 3.8) is 0 Å². The average molecular weight is 234 g/mol. The first-order valence-electron chi connectivity index (χ1n) is 5.98. The van der Waals surface area contributed by atoms with Gasteiger partial charge in [0, 0.05) is 5.92 Å². The van der Waals surface area contributed by atoms with Gasteiger partial charge in [-0.1, -0.05) is 26.0 Å². The lowest BCUT2D eigenvalue weighted by Crippen LogP contribution is -2.30. The van der Waals surface area contributed by atoms with Crippen LogP contribution in [0.5, 0.6) is 5.75 Å². The van der Waals surface area contributed by atoms with E-state index in [9.17, 15) is 4.79 Å². The molecule has 92 valence electrons. The molecular weight excluding hydrogens is 216 g/mol. The van der Waals surface area contributed by atoms with Crippen molar-refractivity contribution < 1.29 is 14.3 Å². The van der Waals surface area contributed by atoms with Crippen molar-refractivity contribution >= 4 is 5.97 Å². The van der Waals surface area contributed by atoms with E-state index in [1.165, 1.54) is 0 Å². The van der Waals surface area contributed by atoms with Crippen LogP contribution in [-0.4, -0.2) is 13.1 Å². The van der Waals surface area contributed by atoms with E-state index in [-0.39, 0.29) is 11.9 Å². The third kappa shape index (κ3) is 1.90. The summed E-state index contributed by atoms with van der Waals surface area (Å²) < 4.78 is 10.8. The van der Waals surface area contributed by atoms with E-state index in [4.69, 9.17) is 9.47 Å². The van der Waals surface area contributed by atoms with Gasteiger partial charge in [0.05, 0.1) is 13.5 Å². The summed E-state index contributed by atoms with van der Waals surface area (Å²) in [4.78, 5) is 11.5. The highest BCUT2D eigenvalue weighted by atomic mass is 16.6. The molecule has 0 aliphatic carbocycles. The van der Waals surface area contributed by atoms with Crippen molar-refractivity contribution in [2.75, 3.05) is 7.11 Å². The summed E-state index contributed by atoms with van der Waals surface area (Å²) >= 11 is 0. The molecule has 0 amide bonds. The fourth-order valence-corrected chi connectivity index (χ4v) is 2.61. The number of carbonyl (C=O) groups is 1. The van der Waals surface area contributed by atoms with Crippen molar-refractivity contribution in [2.24, 2.45) is 5.92 Å². The van der Waals surface area contributed by atoms with Crippen molar-refractivity contribution in [1.29, 1.82) is 0 Å². The fraction of sp³-hybridized carbons (Fsp3) is 0.500. The summed E-state index contributed by atoms with van der Waals surface area (Å²) in [6, 6.07) is 7.79. The highest BCUT2D eigenvalue weighted by Crippen LogP contribution is 2.44. The molecule has 1 aromatic rings. The standard InChI is InChI=1S/C14H18O3/c1-4-14(10(2)8-13(15)17-14)11-6-5-7-12(9-11)16-3/h5-7,9-10H,4,8H2,1-3H3/t10-,14+/m0/s1. The zero-order chi connectivity index (χ0) is 12.5. The third-order valence-corrected chi connectivity index (χ3v) is 3.65. The summed E-state index contributed by atoms with van der Waals surface area (Å²) in [5.74, 6) is 0.889. The zero-order valence-corrected chi connectivity index (χ0v) is 10.5. The number of hydrogen-bond acceptors (Lipinski definition) is 3. The van der Waals surface area contributed by atoms with Crippen LogP contribution in [0.15, 0.2) is 24.3 Å². The lowest BCUT2D eigenvalue weighted by molar-refractivity contribution is -0.150. The van der Waals surface area contributed by atoms with E-state index in [0.717, 1.165) is 17.7 Å². The highest BCUT2D eigenvalue weighted by Gasteiger charge is 2.46. The molecule has 1 aliphatic rings. The second kappa shape index (κ2) is 4.40. The SMILES string of the molecule is CC[C@@]1(c2cccc(OC)c2)OC(=O)C[C@@H]1C. The van der Waals surface area contributed by atoms with Crippen LogP contribution in [0.25, 0.3) is 0 Å². The van der Waals surface area contributed by atoms with Gasteiger partial charge in [0.2, 0.25) is 0 Å². The van der Waals surface area contributed by atoms with E-state index < -0.39 is 5.60 Å². The first-order valence-corrected chi connectivity index (χ1v) is 5.98. The molecule has 0 N–H and O–H groups in total. The molecule has 0 aromatic heterocycles. The van der Waals surface area contributed by atoms with Gasteiger partial charge in [-0.05, 0) is 24.1 Å². The number of methoxy groups -OCH3 is 1. The third-order valence-electron chi connectivity index (χ3n) is 3.65. The summed E-state index contributed by atoms with van der Waals surface area (Å²) in [6.45, 7) is 4.11. The van der Waals surface area contributed by atoms with Crippen LogP contribution in [0.1, 0.15) is 32.3 Å². The number of esters is 1. The van der Waals surface area contributed by atoms with Gasteiger partial charge in [-0.15, -0.1) is 0 Å². The topological polar surface area (TPSA) is 35.5 Å². The maximum atomic E-state index is 11.5. The minimum atomic E-state index is -0.481. The van der Waals surface area contributed by atoms with Gasteiger partial charge < -0.3 is 9.47 Å². The quantitative estimate of drug-likeness (QED) is 0.754. The van der Waals surface area contributed by atoms with Gasteiger partial charge in [-0.3, -0.25) is 4.79 Å². The van der Waals surface area contributed by atoms with E-state index >= 15 is 0 Å². The van der Waals surface area contributed by atoms with Crippen LogP contribution in [-0.2, 0) is 15.1 Å². The molecule has 3 heteroatoms. The lowest BCUT2D eigenvalue weighted by Gasteiger charge is -2.31. The summed E-state index contributed by atoms with van der Waals surface area (Å²) in [6.07, 6.45) is 1.28. The number of cyclic esters (lactones) is 1. The number of ether oxygens (including phenoxy) is 2. The van der Waals surface area contributed by atoms with Gasteiger partial charge in [-0.25, -0.2) is 0 Å². The number of benzene rings is 1. The Hall–Kier alpha value is -1.51. The average Bonchev–Trinajstić information content (AvgIpc) is 2.65. The fourth-order valence-electron chi connectivity index (χ4n) is 2.61. The Bertz CT molecular complexity index is 427. The number of carbonyl (C=O) groups excluding carboxylic acids is 1. The second-order valence-electron chi connectivity index (χ2n) is 4.55. The molecule has 2 rings (SSSR count). The molecule has 0 bridgehead atoms. The van der Waals surface area contributed by atoms with Gasteiger partial charge in [0.25, 0.3) is 0 Å². The molecule has 3 nitrogen and oxygen atoms in total. The molecule has 0 unspecified atom stereocenters. The molecule has 1 heterocycles. The molecule has 0 radical (unpaired) electrons. The minimum absolute atomic E-state index is 0.109. The Kier molecular flexibility index (Phi) is 3.09. The lowest BCUT2D eigenvalue weighted by atomic mass is 9.80. The number of hydrogen-bond donors (Lipinski definition) is 0. The molecule has 2 atom stereocenters. The Morgan fingerprint density at radius 1 is 1.53 bits per heavy atom. The molecule has 17 heavy (non-hydrogen) atoms. The molecule has 0 spiro atoms. The second-order valence-corrected chi connectivity index (χ2v) is 4.55. The van der Waals surface area contributed by atoms with Crippen LogP contribution in [0.4, 0.5) is 0 Å². The van der Waals surface area contributed by atoms with E-state index in [1.54, 1.807) is 7.11 Å². The minimum Gasteiger partial charge on any atom is -0.497 e. The van der Waals surface area contributed by atoms with Crippen molar-refractivity contribution in [3.8, 4) is 5.75 Å². The smallest absolute Gasteiger partial charge is 0.307 e. The van der Waals surface area contributed by atoms with E-state index in [0.29, 0.717) is 6.42 Å². The number of rotatable bonds is 3. The van der Waals surface area contributed by atoms with Crippen LogP contribution in [0.3, 0.4) is 0 Å². The summed E-state index contributed by atoms with van der Waals surface area (Å²) in [5, 5.41) is 0. The molecular formula is C14H18O3. The van der Waals surface area contributed by atoms with Crippen molar-refractivity contribution in [3.05, 3.63) is 29.8 Å². The Labute approximate surface area is 102 Å². The predicted molar refractivity (Wildman–Crippen MR) is 64.8 cm³/mol. The normalized spacial score (nSPS) is 27.9. The van der Waals surface area contributed by atoms with Crippen LogP contribution < -0.4 is 4.74 Å². The maximum absolute atomic E-state index is 11.5. The predicted octanol–water partition coefficient (Wildman–Crippen LogP) is 2.88. The zero-order valence-electron chi connectivity index (χ0n) is 10.5. The van der Waals surface area contributed by atoms with Gasteiger partial charge in [0.1, 0.15) is 11.4 Å². The molecule has 1 fully saturated rings. The van der Waals surface area contributed by atoms with E-state index in [2.05, 4.69) is 13.8 Å². The molecule has 1 aliphatic heterocycles. The largest absolute Gasteiger partial charge is 0.497 e. The molecule has 0 saturated carbocycles. The first-order chi connectivity index (χ1) is 8.12. The van der Waals surface area contributed by atoms with Crippen LogP contribution >= 0.6 is 0 Å². The Morgan fingerprint density at radius 3 is 2.82 bits per heavy atom. The summed E-state index contributed by atoms with van der Waals surface area (Å²) in [7, 11) is 1.64. The first kappa shape index (κ1) is 12.0. The monoisotopic (exact) mass is 234 g/mol. The van der Waals surface area contributed by atoms with Crippen LogP contribution in [0, 0.1) is 5.92 Å². The maximum Gasteiger partial charge on any atom is 0.307 e. The van der Waals surface area contributed by atoms with Gasteiger partial charge in [0.15, 0.2) is 0 Å². The van der Waals surface area contributed by atoms with Crippen molar-refractivity contribution in [2.45, 2.75) is 32.3 Å². The van der Waals surface area contributed by atoms with Gasteiger partial charge >= 0.3 is 5.97 Å².